The summed E-state index contributed by atoms with van der Waals surface area (Å²) in [6.45, 7) is 8.22. The largest absolute Gasteiger partial charge is 0.341 e. The lowest BCUT2D eigenvalue weighted by molar-refractivity contribution is -0.135. The smallest absolute Gasteiger partial charge is 0.239 e. The number of amides is 1. The highest BCUT2D eigenvalue weighted by Crippen LogP contribution is 2.24. The summed E-state index contributed by atoms with van der Waals surface area (Å²) >= 11 is 0. The Morgan fingerprint density at radius 3 is 1.85 bits per heavy atom. The molecule has 3 heteroatoms. The fraction of sp³-hybridized carbons (Fsp3) is 0.435. The van der Waals surface area contributed by atoms with E-state index >= 15 is 0 Å². The highest BCUT2D eigenvalue weighted by atomic mass is 16.2. The number of nitrogens with zero attached hydrogens (tertiary/aromatic N) is 1. The molecule has 3 nitrogen and oxygen atoms in total. The van der Waals surface area contributed by atoms with E-state index in [9.17, 15) is 4.79 Å². The van der Waals surface area contributed by atoms with Crippen molar-refractivity contribution >= 4 is 5.91 Å². The molecule has 0 aliphatic carbocycles. The minimum Gasteiger partial charge on any atom is -0.341 e. The molecule has 1 heterocycles. The van der Waals surface area contributed by atoms with E-state index in [1.54, 1.807) is 0 Å². The number of piperidine rings is 1. The quantitative estimate of drug-likeness (QED) is 0.874. The molecule has 0 bridgehead atoms. The third-order valence-corrected chi connectivity index (χ3v) is 5.23. The second kappa shape index (κ2) is 8.50. The Bertz CT molecular complexity index is 651. The summed E-state index contributed by atoms with van der Waals surface area (Å²) in [7, 11) is 0. The van der Waals surface area contributed by atoms with Gasteiger partial charge >= 0.3 is 0 Å². The highest BCUT2D eigenvalue weighted by Gasteiger charge is 2.29. The van der Waals surface area contributed by atoms with Gasteiger partial charge in [0.15, 0.2) is 0 Å². The van der Waals surface area contributed by atoms with Gasteiger partial charge in [-0.2, -0.15) is 0 Å². The second-order valence-electron chi connectivity index (χ2n) is 7.83. The molecule has 1 N–H and O–H groups in total. The maximum absolute atomic E-state index is 13.1. The first-order chi connectivity index (χ1) is 12.5. The van der Waals surface area contributed by atoms with Crippen molar-refractivity contribution in [1.29, 1.82) is 0 Å². The first-order valence-electron chi connectivity index (χ1n) is 9.69. The normalized spacial score (nSPS) is 21.6. The first kappa shape index (κ1) is 18.7. The van der Waals surface area contributed by atoms with Gasteiger partial charge in [-0.3, -0.25) is 10.1 Å². The van der Waals surface area contributed by atoms with Gasteiger partial charge in [-0.25, -0.2) is 0 Å². The van der Waals surface area contributed by atoms with E-state index in [1.807, 2.05) is 48.2 Å². The van der Waals surface area contributed by atoms with Crippen molar-refractivity contribution in [2.45, 2.75) is 39.3 Å². The van der Waals surface area contributed by atoms with Gasteiger partial charge in [-0.05, 0) is 36.3 Å². The van der Waals surface area contributed by atoms with Crippen molar-refractivity contribution in [1.82, 2.24) is 10.2 Å². The molecule has 0 saturated carbocycles. The van der Waals surface area contributed by atoms with Crippen LogP contribution in [0.3, 0.4) is 0 Å². The van der Waals surface area contributed by atoms with Crippen molar-refractivity contribution in [3.8, 4) is 0 Å². The van der Waals surface area contributed by atoms with Gasteiger partial charge in [-0.15, -0.1) is 0 Å². The molecule has 1 saturated heterocycles. The molecule has 0 spiro atoms. The van der Waals surface area contributed by atoms with Gasteiger partial charge in [0.2, 0.25) is 5.91 Å². The van der Waals surface area contributed by atoms with Crippen molar-refractivity contribution in [3.05, 3.63) is 71.8 Å². The molecule has 0 unspecified atom stereocenters. The van der Waals surface area contributed by atoms with Crippen LogP contribution in [0.4, 0.5) is 0 Å². The third kappa shape index (κ3) is 4.53. The number of hydrogen-bond donors (Lipinski definition) is 1. The molecule has 138 valence electrons. The van der Waals surface area contributed by atoms with E-state index < -0.39 is 0 Å². The van der Waals surface area contributed by atoms with Crippen molar-refractivity contribution in [2.24, 2.45) is 11.8 Å². The molecule has 1 amide bonds. The predicted octanol–water partition coefficient (Wildman–Crippen LogP) is 4.26. The van der Waals surface area contributed by atoms with Crippen LogP contribution in [0.2, 0.25) is 0 Å². The SMILES string of the molecule is C[C@@H]1C[C@H](C)CN(C(=O)[C@@H](C)NC(c2ccccc2)c2ccccc2)C1. The van der Waals surface area contributed by atoms with Crippen LogP contribution in [-0.4, -0.2) is 29.9 Å². The number of hydrogen-bond acceptors (Lipinski definition) is 2. The summed E-state index contributed by atoms with van der Waals surface area (Å²) < 4.78 is 0. The molecule has 0 aromatic heterocycles. The van der Waals surface area contributed by atoms with E-state index in [0.717, 1.165) is 13.1 Å². The van der Waals surface area contributed by atoms with Gasteiger partial charge in [-0.1, -0.05) is 74.5 Å². The summed E-state index contributed by atoms with van der Waals surface area (Å²) in [6.07, 6.45) is 1.21. The number of rotatable bonds is 5. The molecule has 1 aliphatic rings. The van der Waals surface area contributed by atoms with Gasteiger partial charge < -0.3 is 4.90 Å². The summed E-state index contributed by atoms with van der Waals surface area (Å²) in [5.74, 6) is 1.36. The summed E-state index contributed by atoms with van der Waals surface area (Å²) in [6, 6.07) is 20.5. The van der Waals surface area contributed by atoms with E-state index in [4.69, 9.17) is 0 Å². The van der Waals surface area contributed by atoms with Crippen LogP contribution in [0.1, 0.15) is 44.4 Å². The minimum absolute atomic E-state index is 0.0102. The second-order valence-corrected chi connectivity index (χ2v) is 7.83. The predicted molar refractivity (Wildman–Crippen MR) is 107 cm³/mol. The van der Waals surface area contributed by atoms with Gasteiger partial charge in [0.25, 0.3) is 0 Å². The Labute approximate surface area is 157 Å². The molecule has 26 heavy (non-hydrogen) atoms. The number of carbonyl (C=O) groups is 1. The molecule has 2 aromatic rings. The fourth-order valence-electron chi connectivity index (χ4n) is 4.11. The summed E-state index contributed by atoms with van der Waals surface area (Å²) in [4.78, 5) is 15.1. The summed E-state index contributed by atoms with van der Waals surface area (Å²) in [5, 5.41) is 3.59. The lowest BCUT2D eigenvalue weighted by Crippen LogP contribution is -2.50. The van der Waals surface area contributed by atoms with E-state index in [-0.39, 0.29) is 18.0 Å². The maximum atomic E-state index is 13.1. The lowest BCUT2D eigenvalue weighted by Gasteiger charge is -2.37. The third-order valence-electron chi connectivity index (χ3n) is 5.23. The van der Waals surface area contributed by atoms with Crippen LogP contribution < -0.4 is 5.32 Å². The van der Waals surface area contributed by atoms with Crippen LogP contribution in [0, 0.1) is 11.8 Å². The Morgan fingerprint density at radius 2 is 1.38 bits per heavy atom. The summed E-state index contributed by atoms with van der Waals surface area (Å²) in [5.41, 5.74) is 2.36. The van der Waals surface area contributed by atoms with E-state index in [0.29, 0.717) is 11.8 Å². The number of likely N-dealkylation sites (tertiary alicyclic amines) is 1. The molecule has 0 radical (unpaired) electrons. The van der Waals surface area contributed by atoms with Crippen molar-refractivity contribution in [2.75, 3.05) is 13.1 Å². The van der Waals surface area contributed by atoms with Gasteiger partial charge in [0, 0.05) is 13.1 Å². The zero-order valence-corrected chi connectivity index (χ0v) is 16.1. The van der Waals surface area contributed by atoms with Crippen LogP contribution in [-0.2, 0) is 4.79 Å². The molecular weight excluding hydrogens is 320 g/mol. The molecule has 1 aliphatic heterocycles. The fourth-order valence-corrected chi connectivity index (χ4v) is 4.11. The Balaban J connectivity index is 1.77. The average Bonchev–Trinajstić information content (AvgIpc) is 2.66. The van der Waals surface area contributed by atoms with Crippen molar-refractivity contribution in [3.63, 3.8) is 0 Å². The first-order valence-corrected chi connectivity index (χ1v) is 9.69. The Morgan fingerprint density at radius 1 is 0.923 bits per heavy atom. The van der Waals surface area contributed by atoms with Crippen LogP contribution in [0.15, 0.2) is 60.7 Å². The minimum atomic E-state index is -0.224. The molecule has 3 atom stereocenters. The number of nitrogens with one attached hydrogen (secondary N) is 1. The van der Waals surface area contributed by atoms with Crippen molar-refractivity contribution < 1.29 is 4.79 Å². The monoisotopic (exact) mass is 350 g/mol. The molecular formula is C23H30N2O. The molecule has 3 rings (SSSR count). The standard InChI is InChI=1S/C23H30N2O/c1-17-14-18(2)16-25(15-17)23(26)19(3)24-22(20-10-6-4-7-11-20)21-12-8-5-9-13-21/h4-13,17-19,22,24H,14-16H2,1-3H3/t17-,18+,19-/m1/s1. The van der Waals surface area contributed by atoms with E-state index in [2.05, 4.69) is 43.4 Å². The lowest BCUT2D eigenvalue weighted by atomic mass is 9.91. The molecule has 2 aromatic carbocycles. The maximum Gasteiger partial charge on any atom is 0.239 e. The van der Waals surface area contributed by atoms with Crippen LogP contribution in [0.25, 0.3) is 0 Å². The van der Waals surface area contributed by atoms with Crippen LogP contribution >= 0.6 is 0 Å². The van der Waals surface area contributed by atoms with Gasteiger partial charge in [0.1, 0.15) is 0 Å². The number of benzene rings is 2. The average molecular weight is 351 g/mol. The topological polar surface area (TPSA) is 32.3 Å². The van der Waals surface area contributed by atoms with E-state index in [1.165, 1.54) is 17.5 Å². The zero-order valence-electron chi connectivity index (χ0n) is 16.1. The Kier molecular flexibility index (Phi) is 6.10. The molecule has 1 fully saturated rings. The number of carbonyl (C=O) groups excluding carboxylic acids is 1. The van der Waals surface area contributed by atoms with Crippen LogP contribution in [0.5, 0.6) is 0 Å². The highest BCUT2D eigenvalue weighted by molar-refractivity contribution is 5.81. The zero-order chi connectivity index (χ0) is 18.5. The Hall–Kier alpha value is -2.13. The van der Waals surface area contributed by atoms with Gasteiger partial charge in [0.05, 0.1) is 12.1 Å².